The van der Waals surface area contributed by atoms with Crippen molar-refractivity contribution in [1.82, 2.24) is 0 Å². The summed E-state index contributed by atoms with van der Waals surface area (Å²) >= 11 is 0. The summed E-state index contributed by atoms with van der Waals surface area (Å²) in [6.07, 6.45) is 1.10. The van der Waals surface area contributed by atoms with E-state index in [1.807, 2.05) is 0 Å². The molecule has 6 nitrogen and oxygen atoms in total. The summed E-state index contributed by atoms with van der Waals surface area (Å²) in [6, 6.07) is 0. The van der Waals surface area contributed by atoms with Crippen molar-refractivity contribution in [2.24, 2.45) is 10.8 Å². The van der Waals surface area contributed by atoms with Crippen LogP contribution in [0.1, 0.15) is 47.5 Å². The second-order valence-electron chi connectivity index (χ2n) is 6.38. The molecule has 0 bridgehead atoms. The Morgan fingerprint density at radius 2 is 1.72 bits per heavy atom. The van der Waals surface area contributed by atoms with Crippen LogP contribution in [0.15, 0.2) is 0 Å². The molecule has 0 atom stereocenters. The Morgan fingerprint density at radius 3 is 2.17 bits per heavy atom. The van der Waals surface area contributed by atoms with Gasteiger partial charge in [0.2, 0.25) is 0 Å². The molecule has 0 unspecified atom stereocenters. The second kappa shape index (κ2) is 6.56. The summed E-state index contributed by atoms with van der Waals surface area (Å²) in [5, 5.41) is 9.23. The Morgan fingerprint density at radius 1 is 1.17 bits per heavy atom. The molecule has 0 aromatic rings. The monoisotopic (exact) mass is 261 g/mol. The van der Waals surface area contributed by atoms with Gasteiger partial charge in [0.25, 0.3) is 5.09 Å². The number of carbonyl (C=O) groups excluding carboxylic acids is 1. The van der Waals surface area contributed by atoms with Gasteiger partial charge < -0.3 is 9.57 Å². The molecule has 0 saturated heterocycles. The normalized spacial score (nSPS) is 12.1. The highest BCUT2D eigenvalue weighted by Crippen LogP contribution is 2.21. The summed E-state index contributed by atoms with van der Waals surface area (Å²) in [7, 11) is 0. The molecule has 0 heterocycles. The quantitative estimate of drug-likeness (QED) is 0.400. The van der Waals surface area contributed by atoms with Gasteiger partial charge in [-0.2, -0.15) is 0 Å². The van der Waals surface area contributed by atoms with E-state index in [-0.39, 0.29) is 24.6 Å². The maximum absolute atomic E-state index is 11.5. The smallest absolute Gasteiger partial charge is 0.305 e. The Hall–Kier alpha value is -1.33. The van der Waals surface area contributed by atoms with E-state index in [2.05, 4.69) is 25.6 Å². The predicted molar refractivity (Wildman–Crippen MR) is 66.4 cm³/mol. The lowest BCUT2D eigenvalue weighted by molar-refractivity contribution is -0.760. The standard InChI is InChI=1S/C12H23NO5/c1-11(2,3)7-6-10(14)17-8-12(4,5)9-18-13(15)16/h6-9H2,1-5H3. The van der Waals surface area contributed by atoms with E-state index < -0.39 is 10.5 Å². The SMILES string of the molecule is CC(C)(C)CCC(=O)OCC(C)(C)CO[N+](=O)[O-]. The van der Waals surface area contributed by atoms with Crippen LogP contribution in [-0.4, -0.2) is 24.3 Å². The van der Waals surface area contributed by atoms with Crippen molar-refractivity contribution in [1.29, 1.82) is 0 Å². The predicted octanol–water partition coefficient (Wildman–Crippen LogP) is 2.59. The molecule has 106 valence electrons. The minimum absolute atomic E-state index is 0.0866. The number of hydrogen-bond acceptors (Lipinski definition) is 5. The van der Waals surface area contributed by atoms with Gasteiger partial charge in [-0.05, 0) is 11.8 Å². The van der Waals surface area contributed by atoms with Gasteiger partial charge >= 0.3 is 5.97 Å². The number of hydrogen-bond donors (Lipinski definition) is 0. The minimum atomic E-state index is -0.844. The average molecular weight is 261 g/mol. The number of carbonyl (C=O) groups is 1. The third-order valence-corrected chi connectivity index (χ3v) is 2.26. The lowest BCUT2D eigenvalue weighted by Gasteiger charge is -2.23. The van der Waals surface area contributed by atoms with Crippen molar-refractivity contribution in [3.63, 3.8) is 0 Å². The van der Waals surface area contributed by atoms with Crippen molar-refractivity contribution < 1.29 is 19.5 Å². The van der Waals surface area contributed by atoms with Crippen LogP contribution in [0, 0.1) is 20.9 Å². The topological polar surface area (TPSA) is 78.7 Å². The van der Waals surface area contributed by atoms with Gasteiger partial charge in [0.15, 0.2) is 0 Å². The van der Waals surface area contributed by atoms with Crippen molar-refractivity contribution in [3.8, 4) is 0 Å². The third-order valence-electron chi connectivity index (χ3n) is 2.26. The fraction of sp³-hybridized carbons (Fsp3) is 0.917. The first-order valence-corrected chi connectivity index (χ1v) is 5.95. The largest absolute Gasteiger partial charge is 0.465 e. The summed E-state index contributed by atoms with van der Waals surface area (Å²) in [5.74, 6) is -0.279. The van der Waals surface area contributed by atoms with Crippen molar-refractivity contribution in [3.05, 3.63) is 10.1 Å². The first-order valence-electron chi connectivity index (χ1n) is 5.95. The van der Waals surface area contributed by atoms with Gasteiger partial charge in [-0.25, -0.2) is 0 Å². The highest BCUT2D eigenvalue weighted by atomic mass is 16.9. The van der Waals surface area contributed by atoms with Crippen LogP contribution in [0.25, 0.3) is 0 Å². The molecule has 0 aliphatic heterocycles. The summed E-state index contributed by atoms with van der Waals surface area (Å²) < 4.78 is 5.09. The zero-order chi connectivity index (χ0) is 14.4. The highest BCUT2D eigenvalue weighted by molar-refractivity contribution is 5.69. The molecule has 0 aromatic heterocycles. The summed E-state index contributed by atoms with van der Waals surface area (Å²) in [5.41, 5.74) is -0.478. The highest BCUT2D eigenvalue weighted by Gasteiger charge is 2.23. The molecular weight excluding hydrogens is 238 g/mol. The third kappa shape index (κ3) is 9.86. The Bertz CT molecular complexity index is 293. The maximum atomic E-state index is 11.5. The number of esters is 1. The van der Waals surface area contributed by atoms with Gasteiger partial charge in [0.1, 0.15) is 6.61 Å². The molecule has 0 spiro atoms. The number of ether oxygens (including phenoxy) is 1. The molecule has 0 aliphatic carbocycles. The van der Waals surface area contributed by atoms with Crippen LogP contribution >= 0.6 is 0 Å². The fourth-order valence-corrected chi connectivity index (χ4v) is 1.09. The molecule has 0 saturated carbocycles. The van der Waals surface area contributed by atoms with Crippen molar-refractivity contribution in [2.75, 3.05) is 13.2 Å². The molecule has 0 rings (SSSR count). The van der Waals surface area contributed by atoms with E-state index in [4.69, 9.17) is 4.74 Å². The molecule has 0 aromatic carbocycles. The van der Waals surface area contributed by atoms with Gasteiger partial charge in [-0.15, -0.1) is 10.1 Å². The first kappa shape index (κ1) is 16.7. The van der Waals surface area contributed by atoms with Gasteiger partial charge in [-0.1, -0.05) is 34.6 Å². The van der Waals surface area contributed by atoms with Crippen LogP contribution in [0.4, 0.5) is 0 Å². The molecule has 18 heavy (non-hydrogen) atoms. The lowest BCUT2D eigenvalue weighted by atomic mass is 9.91. The van der Waals surface area contributed by atoms with E-state index in [1.54, 1.807) is 13.8 Å². The van der Waals surface area contributed by atoms with Crippen LogP contribution in [0.2, 0.25) is 0 Å². The van der Waals surface area contributed by atoms with E-state index in [9.17, 15) is 14.9 Å². The maximum Gasteiger partial charge on any atom is 0.305 e. The van der Waals surface area contributed by atoms with Crippen LogP contribution in [0.3, 0.4) is 0 Å². The molecule has 0 aliphatic rings. The molecule has 6 heteroatoms. The number of nitrogens with zero attached hydrogens (tertiary/aromatic N) is 1. The number of rotatable bonds is 7. The van der Waals surface area contributed by atoms with Crippen LogP contribution in [0.5, 0.6) is 0 Å². The fourth-order valence-electron chi connectivity index (χ4n) is 1.09. The molecule has 0 N–H and O–H groups in total. The minimum Gasteiger partial charge on any atom is -0.465 e. The summed E-state index contributed by atoms with van der Waals surface area (Å²) in [6.45, 7) is 9.66. The van der Waals surface area contributed by atoms with Gasteiger partial charge in [0, 0.05) is 11.8 Å². The Kier molecular flexibility index (Phi) is 6.08. The molecule has 0 radical (unpaired) electrons. The Balaban J connectivity index is 3.93. The zero-order valence-corrected chi connectivity index (χ0v) is 11.8. The average Bonchev–Trinajstić information content (AvgIpc) is 2.20. The van der Waals surface area contributed by atoms with Gasteiger partial charge in [0.05, 0.1) is 6.61 Å². The molecule has 0 amide bonds. The van der Waals surface area contributed by atoms with Crippen LogP contribution < -0.4 is 0 Å². The van der Waals surface area contributed by atoms with E-state index in [0.717, 1.165) is 6.42 Å². The van der Waals surface area contributed by atoms with Crippen LogP contribution in [-0.2, 0) is 14.4 Å². The summed E-state index contributed by atoms with van der Waals surface area (Å²) in [4.78, 5) is 25.8. The van der Waals surface area contributed by atoms with E-state index >= 15 is 0 Å². The van der Waals surface area contributed by atoms with Gasteiger partial charge in [-0.3, -0.25) is 4.79 Å². The van der Waals surface area contributed by atoms with E-state index in [1.165, 1.54) is 0 Å². The molecule has 0 fully saturated rings. The zero-order valence-electron chi connectivity index (χ0n) is 11.8. The first-order chi connectivity index (χ1) is 8.02. The van der Waals surface area contributed by atoms with E-state index in [0.29, 0.717) is 6.42 Å². The second-order valence-corrected chi connectivity index (χ2v) is 6.38. The molecular formula is C12H23NO5. The Labute approximate surface area is 108 Å². The van der Waals surface area contributed by atoms with Crippen molar-refractivity contribution in [2.45, 2.75) is 47.5 Å². The van der Waals surface area contributed by atoms with Crippen molar-refractivity contribution >= 4 is 5.97 Å². The lowest BCUT2D eigenvalue weighted by Crippen LogP contribution is -2.28.